The third kappa shape index (κ3) is 3.45. The van der Waals surface area contributed by atoms with E-state index >= 15 is 0 Å². The predicted molar refractivity (Wildman–Crippen MR) is 40.0 cm³/mol. The molecule has 0 aliphatic carbocycles. The number of hydrogen-bond acceptors (Lipinski definition) is 2. The summed E-state index contributed by atoms with van der Waals surface area (Å²) >= 11 is 0. The average Bonchev–Trinajstić information content (AvgIpc) is 1.87. The van der Waals surface area contributed by atoms with Gasteiger partial charge in [-0.15, -0.1) is 0 Å². The standard InChI is InChI=1S/C7H15NO2/c1-4-8(3)5-6(2)7(9)10/h6H,4-5H2,1-3H3,(H,9,10). The minimum atomic E-state index is -0.722. The lowest BCUT2D eigenvalue weighted by atomic mass is 10.2. The number of carbonyl (C=O) groups is 1. The van der Waals surface area contributed by atoms with Crippen molar-refractivity contribution in [1.29, 1.82) is 0 Å². The summed E-state index contributed by atoms with van der Waals surface area (Å²) in [6.45, 7) is 5.26. The summed E-state index contributed by atoms with van der Waals surface area (Å²) in [6, 6.07) is 0. The molecular formula is C7H15NO2. The van der Waals surface area contributed by atoms with Crippen LogP contribution in [-0.4, -0.2) is 36.1 Å². The number of aliphatic carboxylic acids is 1. The highest BCUT2D eigenvalue weighted by atomic mass is 16.4. The van der Waals surface area contributed by atoms with E-state index in [9.17, 15) is 4.79 Å². The van der Waals surface area contributed by atoms with Crippen molar-refractivity contribution >= 4 is 5.97 Å². The van der Waals surface area contributed by atoms with Crippen LogP contribution in [0, 0.1) is 5.92 Å². The van der Waals surface area contributed by atoms with Gasteiger partial charge in [0.1, 0.15) is 0 Å². The molecule has 0 radical (unpaired) electrons. The molecule has 60 valence electrons. The van der Waals surface area contributed by atoms with Crippen LogP contribution in [0.2, 0.25) is 0 Å². The number of carboxylic acid groups (broad SMARTS) is 1. The Labute approximate surface area is 61.6 Å². The molecule has 1 N–H and O–H groups in total. The van der Waals surface area contributed by atoms with Gasteiger partial charge in [0.2, 0.25) is 0 Å². The second-order valence-corrected chi connectivity index (χ2v) is 2.59. The second-order valence-electron chi connectivity index (χ2n) is 2.59. The fourth-order valence-corrected chi connectivity index (χ4v) is 0.675. The maximum absolute atomic E-state index is 10.3. The first-order chi connectivity index (χ1) is 4.57. The van der Waals surface area contributed by atoms with Gasteiger partial charge in [-0.1, -0.05) is 13.8 Å². The number of carboxylic acids is 1. The Morgan fingerprint density at radius 1 is 1.70 bits per heavy atom. The van der Waals surface area contributed by atoms with E-state index in [1.54, 1.807) is 6.92 Å². The van der Waals surface area contributed by atoms with E-state index in [4.69, 9.17) is 5.11 Å². The molecule has 3 nitrogen and oxygen atoms in total. The van der Waals surface area contributed by atoms with Gasteiger partial charge in [0, 0.05) is 6.54 Å². The van der Waals surface area contributed by atoms with E-state index in [0.29, 0.717) is 6.54 Å². The van der Waals surface area contributed by atoms with Crippen LogP contribution in [0.5, 0.6) is 0 Å². The highest BCUT2D eigenvalue weighted by molar-refractivity contribution is 5.69. The molecule has 0 aliphatic heterocycles. The van der Waals surface area contributed by atoms with Gasteiger partial charge >= 0.3 is 5.97 Å². The largest absolute Gasteiger partial charge is 0.481 e. The summed E-state index contributed by atoms with van der Waals surface area (Å²) < 4.78 is 0. The van der Waals surface area contributed by atoms with Crippen LogP contribution in [-0.2, 0) is 4.79 Å². The number of rotatable bonds is 4. The van der Waals surface area contributed by atoms with Gasteiger partial charge in [-0.3, -0.25) is 4.79 Å². The zero-order valence-corrected chi connectivity index (χ0v) is 6.79. The molecule has 0 aromatic rings. The summed E-state index contributed by atoms with van der Waals surface area (Å²) in [6.07, 6.45) is 0. The van der Waals surface area contributed by atoms with Gasteiger partial charge in [-0.2, -0.15) is 0 Å². The minimum Gasteiger partial charge on any atom is -0.481 e. The Hall–Kier alpha value is -0.570. The second kappa shape index (κ2) is 4.28. The van der Waals surface area contributed by atoms with Crippen LogP contribution < -0.4 is 0 Å². The van der Waals surface area contributed by atoms with Crippen molar-refractivity contribution in [2.75, 3.05) is 20.1 Å². The third-order valence-corrected chi connectivity index (χ3v) is 1.55. The molecular weight excluding hydrogens is 130 g/mol. The van der Waals surface area contributed by atoms with E-state index in [2.05, 4.69) is 0 Å². The minimum absolute atomic E-state index is 0.259. The summed E-state index contributed by atoms with van der Waals surface area (Å²) in [5.41, 5.74) is 0. The molecule has 1 atom stereocenters. The molecule has 1 unspecified atom stereocenters. The van der Waals surface area contributed by atoms with Crippen molar-refractivity contribution in [2.24, 2.45) is 5.92 Å². The molecule has 0 rings (SSSR count). The highest BCUT2D eigenvalue weighted by Crippen LogP contribution is 1.96. The SMILES string of the molecule is CCN(C)CC(C)C(=O)O. The molecule has 0 amide bonds. The van der Waals surface area contributed by atoms with Crippen molar-refractivity contribution < 1.29 is 9.90 Å². The van der Waals surface area contributed by atoms with Gasteiger partial charge in [0.15, 0.2) is 0 Å². The Morgan fingerprint density at radius 3 is 2.50 bits per heavy atom. The Kier molecular flexibility index (Phi) is 4.03. The molecule has 0 aromatic carbocycles. The van der Waals surface area contributed by atoms with Gasteiger partial charge < -0.3 is 10.0 Å². The normalized spacial score (nSPS) is 13.6. The van der Waals surface area contributed by atoms with Crippen molar-refractivity contribution in [3.8, 4) is 0 Å². The lowest BCUT2D eigenvalue weighted by molar-refractivity contribution is -0.141. The van der Waals surface area contributed by atoms with Crippen molar-refractivity contribution in [2.45, 2.75) is 13.8 Å². The zero-order valence-electron chi connectivity index (χ0n) is 6.79. The molecule has 0 bridgehead atoms. The molecule has 0 aromatic heterocycles. The molecule has 0 aliphatic rings. The van der Waals surface area contributed by atoms with Crippen LogP contribution in [0.25, 0.3) is 0 Å². The quantitative estimate of drug-likeness (QED) is 0.631. The smallest absolute Gasteiger partial charge is 0.307 e. The van der Waals surface area contributed by atoms with Gasteiger partial charge in [-0.25, -0.2) is 0 Å². The Balaban J connectivity index is 3.56. The van der Waals surface area contributed by atoms with Crippen LogP contribution in [0.1, 0.15) is 13.8 Å². The van der Waals surface area contributed by atoms with Crippen LogP contribution in [0.3, 0.4) is 0 Å². The topological polar surface area (TPSA) is 40.5 Å². The van der Waals surface area contributed by atoms with Gasteiger partial charge in [0.25, 0.3) is 0 Å². The molecule has 0 saturated carbocycles. The Morgan fingerprint density at radius 2 is 2.20 bits per heavy atom. The lowest BCUT2D eigenvalue weighted by Gasteiger charge is -2.15. The van der Waals surface area contributed by atoms with E-state index in [1.165, 1.54) is 0 Å². The van der Waals surface area contributed by atoms with Crippen LogP contribution >= 0.6 is 0 Å². The molecule has 0 spiro atoms. The van der Waals surface area contributed by atoms with Gasteiger partial charge in [-0.05, 0) is 13.6 Å². The molecule has 3 heteroatoms. The Bertz CT molecular complexity index is 114. The molecule has 0 heterocycles. The first-order valence-corrected chi connectivity index (χ1v) is 3.49. The maximum Gasteiger partial charge on any atom is 0.307 e. The van der Waals surface area contributed by atoms with E-state index in [1.807, 2.05) is 18.9 Å². The van der Waals surface area contributed by atoms with Crippen molar-refractivity contribution in [1.82, 2.24) is 4.90 Å². The van der Waals surface area contributed by atoms with Crippen LogP contribution in [0.4, 0.5) is 0 Å². The number of nitrogens with zero attached hydrogens (tertiary/aromatic N) is 1. The first kappa shape index (κ1) is 9.43. The fraction of sp³-hybridized carbons (Fsp3) is 0.857. The molecule has 0 fully saturated rings. The maximum atomic E-state index is 10.3. The summed E-state index contributed by atoms with van der Waals surface area (Å²) in [5.74, 6) is -0.981. The van der Waals surface area contributed by atoms with E-state index < -0.39 is 5.97 Å². The fourth-order valence-electron chi connectivity index (χ4n) is 0.675. The summed E-state index contributed by atoms with van der Waals surface area (Å²) in [7, 11) is 1.92. The van der Waals surface area contributed by atoms with Crippen LogP contribution in [0.15, 0.2) is 0 Å². The highest BCUT2D eigenvalue weighted by Gasteiger charge is 2.11. The van der Waals surface area contributed by atoms with Crippen molar-refractivity contribution in [3.05, 3.63) is 0 Å². The summed E-state index contributed by atoms with van der Waals surface area (Å²) in [5, 5.41) is 8.50. The molecule has 10 heavy (non-hydrogen) atoms. The van der Waals surface area contributed by atoms with E-state index in [-0.39, 0.29) is 5.92 Å². The first-order valence-electron chi connectivity index (χ1n) is 3.49. The van der Waals surface area contributed by atoms with Crippen molar-refractivity contribution in [3.63, 3.8) is 0 Å². The predicted octanol–water partition coefficient (Wildman–Crippen LogP) is 0.659. The number of hydrogen-bond donors (Lipinski definition) is 1. The third-order valence-electron chi connectivity index (χ3n) is 1.55. The van der Waals surface area contributed by atoms with E-state index in [0.717, 1.165) is 6.54 Å². The monoisotopic (exact) mass is 145 g/mol. The summed E-state index contributed by atoms with van der Waals surface area (Å²) in [4.78, 5) is 12.3. The van der Waals surface area contributed by atoms with Gasteiger partial charge in [0.05, 0.1) is 5.92 Å². The average molecular weight is 145 g/mol. The molecule has 0 saturated heterocycles. The lowest BCUT2D eigenvalue weighted by Crippen LogP contribution is -2.28. The zero-order chi connectivity index (χ0) is 8.15.